The molecule has 0 bridgehead atoms. The molecule has 0 aliphatic carbocycles. The predicted octanol–water partition coefficient (Wildman–Crippen LogP) is 3.50. The van der Waals surface area contributed by atoms with E-state index in [2.05, 4.69) is 60.0 Å². The fraction of sp³-hybridized carbons (Fsp3) is 0.379. The molecule has 4 aromatic rings. The highest BCUT2D eigenvalue weighted by Gasteiger charge is 2.19. The van der Waals surface area contributed by atoms with Crippen molar-refractivity contribution in [3.63, 3.8) is 0 Å². The van der Waals surface area contributed by atoms with Crippen LogP contribution in [0.3, 0.4) is 0 Å². The monoisotopic (exact) mass is 525 g/mol. The van der Waals surface area contributed by atoms with Crippen molar-refractivity contribution in [3.8, 4) is 11.1 Å². The van der Waals surface area contributed by atoms with Crippen molar-refractivity contribution >= 4 is 40.5 Å². The molecule has 10 nitrogen and oxygen atoms in total. The largest absolute Gasteiger partial charge is 0.369 e. The predicted molar refractivity (Wildman–Crippen MR) is 156 cm³/mol. The van der Waals surface area contributed by atoms with Crippen LogP contribution in [0.2, 0.25) is 0 Å². The third-order valence-corrected chi connectivity index (χ3v) is 7.73. The molecule has 2 saturated heterocycles. The van der Waals surface area contributed by atoms with Gasteiger partial charge in [-0.1, -0.05) is 0 Å². The number of aromatic amines is 1. The van der Waals surface area contributed by atoms with E-state index in [-0.39, 0.29) is 0 Å². The molecular formula is C29H35N9O. The number of nitrogens with one attached hydrogen (secondary N) is 4. The molecule has 202 valence electrons. The number of H-pyrrole nitrogens is 1. The van der Waals surface area contributed by atoms with E-state index in [0.717, 1.165) is 98.6 Å². The summed E-state index contributed by atoms with van der Waals surface area (Å²) in [5, 5.41) is 11.5. The SMILES string of the molecule is O=CCN1CCN(c2ccc(Nc3nc(NCC4CCNCC4)c4c(-c5ccncc5)c[nH]c4n3)cc2)CC1. The van der Waals surface area contributed by atoms with E-state index in [9.17, 15) is 4.79 Å². The van der Waals surface area contributed by atoms with Crippen LogP contribution in [0.15, 0.2) is 55.0 Å². The normalized spacial score (nSPS) is 16.9. The van der Waals surface area contributed by atoms with E-state index >= 15 is 0 Å². The standard InChI is InChI=1S/C29H35N9O/c39-18-17-37-13-15-38(16-14-37)24-3-1-23(2-4-24)34-29-35-27(32-19-21-5-9-30-10-6-21)26-25(20-33-28(26)36-29)22-7-11-31-12-8-22/h1-4,7-8,11-12,18,20-21,30H,5-6,9-10,13-17,19H2,(H3,32,33,34,35,36). The van der Waals surface area contributed by atoms with Gasteiger partial charge in [0.25, 0.3) is 0 Å². The highest BCUT2D eigenvalue weighted by molar-refractivity contribution is 6.01. The van der Waals surface area contributed by atoms with Crippen molar-refractivity contribution in [2.24, 2.45) is 5.92 Å². The smallest absolute Gasteiger partial charge is 0.231 e. The van der Waals surface area contributed by atoms with Gasteiger partial charge in [0.1, 0.15) is 17.8 Å². The summed E-state index contributed by atoms with van der Waals surface area (Å²) in [5.41, 5.74) is 5.04. The van der Waals surface area contributed by atoms with Crippen LogP contribution >= 0.6 is 0 Å². The second kappa shape index (κ2) is 11.8. The molecule has 3 aromatic heterocycles. The van der Waals surface area contributed by atoms with E-state index in [1.54, 1.807) is 0 Å². The van der Waals surface area contributed by atoms with Gasteiger partial charge in [0.2, 0.25) is 5.95 Å². The Morgan fingerprint density at radius 1 is 0.974 bits per heavy atom. The Balaban J connectivity index is 1.22. The Kier molecular flexibility index (Phi) is 7.64. The number of aromatic nitrogens is 4. The number of hydrogen-bond acceptors (Lipinski definition) is 9. The third kappa shape index (κ3) is 5.86. The fourth-order valence-corrected chi connectivity index (χ4v) is 5.48. The quantitative estimate of drug-likeness (QED) is 0.244. The molecule has 5 heterocycles. The Labute approximate surface area is 228 Å². The molecule has 2 fully saturated rings. The van der Waals surface area contributed by atoms with Gasteiger partial charge in [-0.25, -0.2) is 0 Å². The van der Waals surface area contributed by atoms with E-state index in [4.69, 9.17) is 9.97 Å². The van der Waals surface area contributed by atoms with Crippen molar-refractivity contribution in [3.05, 3.63) is 55.0 Å². The van der Waals surface area contributed by atoms with Gasteiger partial charge in [0, 0.05) is 68.3 Å². The molecule has 0 spiro atoms. The van der Waals surface area contributed by atoms with Gasteiger partial charge in [0.05, 0.1) is 11.9 Å². The topological polar surface area (TPSA) is 114 Å². The second-order valence-electron chi connectivity index (χ2n) is 10.3. The zero-order chi connectivity index (χ0) is 26.4. The molecule has 0 atom stereocenters. The maximum atomic E-state index is 10.8. The average Bonchev–Trinajstić information content (AvgIpc) is 3.42. The lowest BCUT2D eigenvalue weighted by Gasteiger charge is -2.35. The first-order valence-corrected chi connectivity index (χ1v) is 13.8. The molecule has 1 aromatic carbocycles. The maximum absolute atomic E-state index is 10.8. The lowest BCUT2D eigenvalue weighted by Crippen LogP contribution is -2.46. The number of piperidine rings is 1. The Morgan fingerprint density at radius 3 is 2.49 bits per heavy atom. The molecule has 6 rings (SSSR count). The van der Waals surface area contributed by atoms with Crippen molar-refractivity contribution in [1.82, 2.24) is 30.2 Å². The van der Waals surface area contributed by atoms with Crippen LogP contribution in [-0.2, 0) is 4.79 Å². The molecule has 0 radical (unpaired) electrons. The van der Waals surface area contributed by atoms with Gasteiger partial charge >= 0.3 is 0 Å². The van der Waals surface area contributed by atoms with Gasteiger partial charge in [-0.3, -0.25) is 9.88 Å². The summed E-state index contributed by atoms with van der Waals surface area (Å²) in [5.74, 6) is 2.00. The Bertz CT molecular complexity index is 1380. The zero-order valence-electron chi connectivity index (χ0n) is 22.1. The number of pyridine rings is 1. The summed E-state index contributed by atoms with van der Waals surface area (Å²) in [6.07, 6.45) is 8.92. The number of anilines is 4. The van der Waals surface area contributed by atoms with Gasteiger partial charge in [0.15, 0.2) is 0 Å². The minimum atomic E-state index is 0.514. The average molecular weight is 526 g/mol. The van der Waals surface area contributed by atoms with Crippen molar-refractivity contribution in [1.29, 1.82) is 0 Å². The van der Waals surface area contributed by atoms with Crippen LogP contribution in [0, 0.1) is 5.92 Å². The number of benzene rings is 1. The molecule has 2 aliphatic rings. The van der Waals surface area contributed by atoms with Gasteiger partial charge < -0.3 is 30.6 Å². The molecule has 10 heteroatoms. The summed E-state index contributed by atoms with van der Waals surface area (Å²) in [4.78, 5) is 32.6. The van der Waals surface area contributed by atoms with Crippen LogP contribution < -0.4 is 20.9 Å². The van der Waals surface area contributed by atoms with E-state index in [0.29, 0.717) is 18.4 Å². The number of rotatable bonds is 9. The molecule has 0 saturated carbocycles. The summed E-state index contributed by atoms with van der Waals surface area (Å²) >= 11 is 0. The van der Waals surface area contributed by atoms with Crippen LogP contribution in [0.25, 0.3) is 22.2 Å². The second-order valence-corrected chi connectivity index (χ2v) is 10.3. The summed E-state index contributed by atoms with van der Waals surface area (Å²) in [7, 11) is 0. The first-order valence-electron chi connectivity index (χ1n) is 13.8. The third-order valence-electron chi connectivity index (χ3n) is 7.73. The van der Waals surface area contributed by atoms with Gasteiger partial charge in [-0.15, -0.1) is 0 Å². The van der Waals surface area contributed by atoms with Crippen LogP contribution in [-0.4, -0.2) is 83.5 Å². The minimum Gasteiger partial charge on any atom is -0.369 e. The van der Waals surface area contributed by atoms with Gasteiger partial charge in [-0.05, 0) is 73.8 Å². The van der Waals surface area contributed by atoms with Crippen LogP contribution in [0.4, 0.5) is 23.1 Å². The molecule has 2 aliphatic heterocycles. The zero-order valence-corrected chi connectivity index (χ0v) is 22.1. The van der Waals surface area contributed by atoms with Crippen molar-refractivity contribution in [2.75, 3.05) is 67.9 Å². The van der Waals surface area contributed by atoms with Crippen molar-refractivity contribution in [2.45, 2.75) is 12.8 Å². The molecule has 0 amide bonds. The lowest BCUT2D eigenvalue weighted by atomic mass is 9.98. The number of carbonyl (C=O) groups is 1. The number of carbonyl (C=O) groups excluding carboxylic acids is 1. The van der Waals surface area contributed by atoms with Crippen LogP contribution in [0.5, 0.6) is 0 Å². The number of fused-ring (bicyclic) bond motifs is 1. The molecule has 0 unspecified atom stereocenters. The van der Waals surface area contributed by atoms with Crippen LogP contribution in [0.1, 0.15) is 12.8 Å². The highest BCUT2D eigenvalue weighted by atomic mass is 16.1. The Morgan fingerprint density at radius 2 is 1.74 bits per heavy atom. The Hall–Kier alpha value is -4.02. The first-order chi connectivity index (χ1) is 19.3. The van der Waals surface area contributed by atoms with E-state index in [1.807, 2.05) is 30.7 Å². The van der Waals surface area contributed by atoms with Gasteiger partial charge in [-0.2, -0.15) is 9.97 Å². The highest BCUT2D eigenvalue weighted by Crippen LogP contribution is 2.34. The number of aldehydes is 1. The first kappa shape index (κ1) is 25.3. The summed E-state index contributed by atoms with van der Waals surface area (Å²) in [6.45, 7) is 7.15. The number of piperazine rings is 1. The minimum absolute atomic E-state index is 0.514. The number of nitrogens with zero attached hydrogens (tertiary/aromatic N) is 5. The lowest BCUT2D eigenvalue weighted by molar-refractivity contribution is -0.108. The number of hydrogen-bond donors (Lipinski definition) is 4. The van der Waals surface area contributed by atoms with Crippen molar-refractivity contribution < 1.29 is 4.79 Å². The maximum Gasteiger partial charge on any atom is 0.231 e. The summed E-state index contributed by atoms with van der Waals surface area (Å²) < 4.78 is 0. The molecular weight excluding hydrogens is 490 g/mol. The molecule has 4 N–H and O–H groups in total. The van der Waals surface area contributed by atoms with E-state index < -0.39 is 0 Å². The fourth-order valence-electron chi connectivity index (χ4n) is 5.48. The molecule has 39 heavy (non-hydrogen) atoms. The summed E-state index contributed by atoms with van der Waals surface area (Å²) in [6, 6.07) is 12.4. The van der Waals surface area contributed by atoms with E-state index in [1.165, 1.54) is 5.69 Å².